The van der Waals surface area contributed by atoms with E-state index in [-0.39, 0.29) is 11.8 Å². The third-order valence-electron chi connectivity index (χ3n) is 6.08. The standard InChI is InChI=1S/C29H27N7O/c1-17(2)29(37)33-18(3)11-20(14-30-4)19-8-9-25-22(12-19)28(36-35-25)26-13-21-23(15-31-16-27(21)34-26)24-7-5-6-10-32-24/h5-17,34H,4H2,1-3H3,(H,33,37)(H,35,36)/b18-11+,20-14+. The van der Waals surface area contributed by atoms with Crippen LogP contribution in [-0.4, -0.2) is 37.8 Å². The van der Waals surface area contributed by atoms with E-state index in [9.17, 15) is 4.79 Å². The van der Waals surface area contributed by atoms with Crippen LogP contribution in [0.15, 0.2) is 84.0 Å². The zero-order valence-electron chi connectivity index (χ0n) is 20.9. The van der Waals surface area contributed by atoms with E-state index >= 15 is 0 Å². The summed E-state index contributed by atoms with van der Waals surface area (Å²) in [5.74, 6) is -0.145. The molecule has 5 aromatic rings. The Hall–Kier alpha value is -4.85. The zero-order chi connectivity index (χ0) is 25.9. The summed E-state index contributed by atoms with van der Waals surface area (Å²) >= 11 is 0. The van der Waals surface area contributed by atoms with E-state index in [0.29, 0.717) is 0 Å². The second kappa shape index (κ2) is 10.0. The minimum atomic E-state index is -0.108. The Morgan fingerprint density at radius 3 is 2.73 bits per heavy atom. The number of nitrogens with one attached hydrogen (secondary N) is 3. The van der Waals surface area contributed by atoms with Crippen LogP contribution in [0.3, 0.4) is 0 Å². The van der Waals surface area contributed by atoms with Gasteiger partial charge >= 0.3 is 0 Å². The topological polar surface area (TPSA) is 112 Å². The van der Waals surface area contributed by atoms with E-state index in [0.717, 1.165) is 61.3 Å². The number of rotatable bonds is 7. The van der Waals surface area contributed by atoms with Crippen molar-refractivity contribution in [3.05, 3.63) is 84.6 Å². The number of pyridine rings is 2. The maximum atomic E-state index is 12.1. The van der Waals surface area contributed by atoms with Crippen molar-refractivity contribution in [1.29, 1.82) is 0 Å². The third kappa shape index (κ3) is 4.81. The molecule has 184 valence electrons. The smallest absolute Gasteiger partial charge is 0.226 e. The van der Waals surface area contributed by atoms with Gasteiger partial charge < -0.3 is 10.3 Å². The van der Waals surface area contributed by atoms with Gasteiger partial charge in [-0.2, -0.15) is 5.10 Å². The fourth-order valence-electron chi connectivity index (χ4n) is 4.21. The average Bonchev–Trinajstić information content (AvgIpc) is 3.52. The molecule has 5 rings (SSSR count). The molecule has 1 aromatic carbocycles. The molecule has 3 N–H and O–H groups in total. The molecule has 0 aliphatic carbocycles. The Bertz CT molecular complexity index is 1670. The van der Waals surface area contributed by atoms with Crippen LogP contribution < -0.4 is 5.32 Å². The van der Waals surface area contributed by atoms with Gasteiger partial charge in [-0.05, 0) is 55.6 Å². The number of carbonyl (C=O) groups excluding carboxylic acids is 1. The number of allylic oxidation sites excluding steroid dienone is 3. The number of nitrogens with zero attached hydrogens (tertiary/aromatic N) is 4. The molecule has 8 heteroatoms. The SMILES string of the molecule is C=N/C=C(\C=C(/C)NC(=O)C(C)C)c1ccc2[nH]nc(-c3cc4c(-c5ccccn5)cncc4[nH]3)c2c1. The highest BCUT2D eigenvalue weighted by Gasteiger charge is 2.15. The summed E-state index contributed by atoms with van der Waals surface area (Å²) in [4.78, 5) is 28.5. The molecule has 8 nitrogen and oxygen atoms in total. The number of aromatic nitrogens is 5. The largest absolute Gasteiger partial charge is 0.352 e. The highest BCUT2D eigenvalue weighted by atomic mass is 16.1. The minimum Gasteiger partial charge on any atom is -0.352 e. The van der Waals surface area contributed by atoms with Crippen LogP contribution in [0, 0.1) is 5.92 Å². The Labute approximate surface area is 214 Å². The van der Waals surface area contributed by atoms with Crippen LogP contribution in [0.2, 0.25) is 0 Å². The molecule has 1 amide bonds. The van der Waals surface area contributed by atoms with Gasteiger partial charge in [0.25, 0.3) is 0 Å². The molecular formula is C29H27N7O. The molecule has 0 atom stereocenters. The predicted octanol–water partition coefficient (Wildman–Crippen LogP) is 5.89. The fourth-order valence-corrected chi connectivity index (χ4v) is 4.21. The predicted molar refractivity (Wildman–Crippen MR) is 149 cm³/mol. The van der Waals surface area contributed by atoms with E-state index in [1.54, 1.807) is 18.6 Å². The summed E-state index contributed by atoms with van der Waals surface area (Å²) in [6.07, 6.45) is 8.98. The monoisotopic (exact) mass is 489 g/mol. The summed E-state index contributed by atoms with van der Waals surface area (Å²) in [6.45, 7) is 9.20. The van der Waals surface area contributed by atoms with Gasteiger partial charge in [-0.3, -0.25) is 24.9 Å². The molecule has 37 heavy (non-hydrogen) atoms. The lowest BCUT2D eigenvalue weighted by Gasteiger charge is -2.09. The van der Waals surface area contributed by atoms with Crippen molar-refractivity contribution in [3.8, 4) is 22.6 Å². The number of carbonyl (C=O) groups is 1. The Kier molecular flexibility index (Phi) is 6.47. The molecular weight excluding hydrogens is 462 g/mol. The fraction of sp³-hybridized carbons (Fsp3) is 0.138. The number of amides is 1. The van der Waals surface area contributed by atoms with E-state index in [4.69, 9.17) is 0 Å². The second-order valence-electron chi connectivity index (χ2n) is 9.12. The number of fused-ring (bicyclic) bond motifs is 2. The molecule has 0 saturated heterocycles. The third-order valence-corrected chi connectivity index (χ3v) is 6.08. The van der Waals surface area contributed by atoms with Crippen molar-refractivity contribution in [2.24, 2.45) is 10.9 Å². The lowest BCUT2D eigenvalue weighted by molar-refractivity contribution is -0.123. The first-order chi connectivity index (χ1) is 17.9. The van der Waals surface area contributed by atoms with Gasteiger partial charge in [0.2, 0.25) is 5.91 Å². The molecule has 0 aliphatic heterocycles. The molecule has 0 radical (unpaired) electrons. The molecule has 0 aliphatic rings. The van der Waals surface area contributed by atoms with Crippen LogP contribution in [0.1, 0.15) is 26.3 Å². The summed E-state index contributed by atoms with van der Waals surface area (Å²) in [5, 5.41) is 12.6. The summed E-state index contributed by atoms with van der Waals surface area (Å²) in [7, 11) is 0. The minimum absolute atomic E-state index is 0.0365. The lowest BCUT2D eigenvalue weighted by atomic mass is 10.0. The second-order valence-corrected chi connectivity index (χ2v) is 9.12. The number of aromatic amines is 2. The first-order valence-electron chi connectivity index (χ1n) is 12.0. The van der Waals surface area contributed by atoms with E-state index in [2.05, 4.69) is 54.3 Å². The summed E-state index contributed by atoms with van der Waals surface area (Å²) < 4.78 is 0. The van der Waals surface area contributed by atoms with E-state index in [1.165, 1.54) is 0 Å². The molecule has 4 heterocycles. The van der Waals surface area contributed by atoms with Gasteiger partial charge in [0.15, 0.2) is 0 Å². The molecule has 0 fully saturated rings. The van der Waals surface area contributed by atoms with Crippen molar-refractivity contribution in [3.63, 3.8) is 0 Å². The number of benzene rings is 1. The molecule has 0 unspecified atom stereocenters. The van der Waals surface area contributed by atoms with Crippen LogP contribution in [0.25, 0.3) is 50.0 Å². The number of hydrogen-bond acceptors (Lipinski definition) is 5. The first kappa shape index (κ1) is 23.9. The average molecular weight is 490 g/mol. The van der Waals surface area contributed by atoms with Gasteiger partial charge in [0, 0.05) is 52.1 Å². The van der Waals surface area contributed by atoms with E-state index < -0.39 is 0 Å². The number of hydrogen-bond donors (Lipinski definition) is 3. The maximum Gasteiger partial charge on any atom is 0.226 e. The quantitative estimate of drug-likeness (QED) is 0.196. The van der Waals surface area contributed by atoms with Gasteiger partial charge in [0.1, 0.15) is 5.69 Å². The molecule has 0 spiro atoms. The lowest BCUT2D eigenvalue weighted by Crippen LogP contribution is -2.25. The van der Waals surface area contributed by atoms with Crippen LogP contribution in [-0.2, 0) is 4.79 Å². The van der Waals surface area contributed by atoms with Crippen LogP contribution >= 0.6 is 0 Å². The normalized spacial score (nSPS) is 12.4. The molecule has 4 aromatic heterocycles. The highest BCUT2D eigenvalue weighted by molar-refractivity contribution is 6.01. The van der Waals surface area contributed by atoms with Crippen LogP contribution in [0.4, 0.5) is 0 Å². The zero-order valence-corrected chi connectivity index (χ0v) is 20.9. The van der Waals surface area contributed by atoms with Crippen molar-refractivity contribution in [2.75, 3.05) is 0 Å². The van der Waals surface area contributed by atoms with Gasteiger partial charge in [-0.15, -0.1) is 0 Å². The Balaban J connectivity index is 1.57. The molecule has 0 saturated carbocycles. The number of aliphatic imine (C=N–C) groups is 1. The number of H-pyrrole nitrogens is 2. The van der Waals surface area contributed by atoms with Crippen molar-refractivity contribution in [1.82, 2.24) is 30.5 Å². The maximum absolute atomic E-state index is 12.1. The molecule has 0 bridgehead atoms. The van der Waals surface area contributed by atoms with Crippen molar-refractivity contribution >= 4 is 40.0 Å². The van der Waals surface area contributed by atoms with Gasteiger partial charge in [0.05, 0.1) is 28.6 Å². The van der Waals surface area contributed by atoms with Gasteiger partial charge in [-0.1, -0.05) is 26.0 Å². The Morgan fingerprint density at radius 1 is 1.11 bits per heavy atom. The van der Waals surface area contributed by atoms with Gasteiger partial charge in [-0.25, -0.2) is 0 Å². The van der Waals surface area contributed by atoms with E-state index in [1.807, 2.05) is 63.4 Å². The summed E-state index contributed by atoms with van der Waals surface area (Å²) in [5.41, 5.74) is 7.75. The van der Waals surface area contributed by atoms with Crippen molar-refractivity contribution < 1.29 is 4.79 Å². The first-order valence-corrected chi connectivity index (χ1v) is 12.0. The Morgan fingerprint density at radius 2 is 1.97 bits per heavy atom. The summed E-state index contributed by atoms with van der Waals surface area (Å²) in [6, 6.07) is 13.9. The van der Waals surface area contributed by atoms with Crippen molar-refractivity contribution in [2.45, 2.75) is 20.8 Å². The van der Waals surface area contributed by atoms with Crippen LogP contribution in [0.5, 0.6) is 0 Å². The highest BCUT2D eigenvalue weighted by Crippen LogP contribution is 2.34.